The molecule has 0 radical (unpaired) electrons. The summed E-state index contributed by atoms with van der Waals surface area (Å²) in [4.78, 5) is 6.72. The van der Waals surface area contributed by atoms with Crippen molar-refractivity contribution in [1.82, 2.24) is 15.5 Å². The molecule has 112 valence electrons. The van der Waals surface area contributed by atoms with Gasteiger partial charge in [-0.25, -0.2) is 0 Å². The van der Waals surface area contributed by atoms with Crippen molar-refractivity contribution in [1.29, 1.82) is 0 Å². The van der Waals surface area contributed by atoms with E-state index in [1.807, 2.05) is 7.05 Å². The number of hydrogen-bond acceptors (Lipinski definition) is 3. The Balaban J connectivity index is 2.14. The summed E-state index contributed by atoms with van der Waals surface area (Å²) in [6, 6.07) is 0. The number of nitrogens with one attached hydrogen (secondary N) is 2. The van der Waals surface area contributed by atoms with Gasteiger partial charge in [-0.15, -0.1) is 0 Å². The molecule has 0 aromatic rings. The van der Waals surface area contributed by atoms with E-state index in [-0.39, 0.29) is 0 Å². The van der Waals surface area contributed by atoms with E-state index in [4.69, 9.17) is 4.74 Å². The van der Waals surface area contributed by atoms with Crippen LogP contribution in [0.1, 0.15) is 26.2 Å². The highest BCUT2D eigenvalue weighted by atomic mass is 16.5. The minimum absolute atomic E-state index is 0.763. The lowest BCUT2D eigenvalue weighted by Gasteiger charge is -2.32. The van der Waals surface area contributed by atoms with Gasteiger partial charge in [0.2, 0.25) is 0 Å². The predicted octanol–water partition coefficient (Wildman–Crippen LogP) is 0.920. The van der Waals surface area contributed by atoms with Crippen molar-refractivity contribution in [2.24, 2.45) is 10.9 Å². The molecule has 2 N–H and O–H groups in total. The van der Waals surface area contributed by atoms with E-state index in [0.29, 0.717) is 0 Å². The summed E-state index contributed by atoms with van der Waals surface area (Å²) in [5.74, 6) is 1.70. The smallest absolute Gasteiger partial charge is 0.190 e. The average molecular weight is 270 g/mol. The Morgan fingerprint density at radius 2 is 2.05 bits per heavy atom. The van der Waals surface area contributed by atoms with Gasteiger partial charge in [-0.05, 0) is 38.3 Å². The number of guanidine groups is 1. The van der Waals surface area contributed by atoms with Gasteiger partial charge in [0.1, 0.15) is 0 Å². The molecule has 0 aliphatic carbocycles. The predicted molar refractivity (Wildman–Crippen MR) is 80.7 cm³/mol. The number of rotatable bonds is 7. The van der Waals surface area contributed by atoms with Crippen LogP contribution in [0.5, 0.6) is 0 Å². The van der Waals surface area contributed by atoms with Crippen LogP contribution in [0.4, 0.5) is 0 Å². The Bertz CT molecular complexity index is 250. The van der Waals surface area contributed by atoms with Crippen LogP contribution < -0.4 is 10.6 Å². The van der Waals surface area contributed by atoms with E-state index < -0.39 is 0 Å². The van der Waals surface area contributed by atoms with Crippen molar-refractivity contribution >= 4 is 5.96 Å². The Kier molecular flexibility index (Phi) is 8.58. The maximum absolute atomic E-state index is 5.12. The Morgan fingerprint density at radius 1 is 1.32 bits per heavy atom. The van der Waals surface area contributed by atoms with E-state index >= 15 is 0 Å². The van der Waals surface area contributed by atoms with Crippen LogP contribution in [0.2, 0.25) is 0 Å². The number of aliphatic imine (C=N–C) groups is 1. The van der Waals surface area contributed by atoms with Crippen molar-refractivity contribution < 1.29 is 4.74 Å². The molecule has 1 heterocycles. The second-order valence-corrected chi connectivity index (χ2v) is 5.16. The second-order valence-electron chi connectivity index (χ2n) is 5.16. The second kappa shape index (κ2) is 10.0. The average Bonchev–Trinajstić information content (AvgIpc) is 2.46. The number of hydrogen-bond donors (Lipinski definition) is 2. The largest absolute Gasteiger partial charge is 0.383 e. The third-order valence-corrected chi connectivity index (χ3v) is 3.64. The quantitative estimate of drug-likeness (QED) is 0.533. The number of nitrogens with zero attached hydrogens (tertiary/aromatic N) is 2. The van der Waals surface area contributed by atoms with Crippen LogP contribution in [-0.4, -0.2) is 64.3 Å². The molecule has 1 fully saturated rings. The minimum atomic E-state index is 0.763. The summed E-state index contributed by atoms with van der Waals surface area (Å²) in [5, 5.41) is 6.73. The summed E-state index contributed by atoms with van der Waals surface area (Å²) in [5.41, 5.74) is 0. The fourth-order valence-corrected chi connectivity index (χ4v) is 2.34. The van der Waals surface area contributed by atoms with Crippen molar-refractivity contribution in [2.75, 3.05) is 53.5 Å². The zero-order valence-electron chi connectivity index (χ0n) is 12.7. The van der Waals surface area contributed by atoms with Gasteiger partial charge in [-0.3, -0.25) is 4.99 Å². The third-order valence-electron chi connectivity index (χ3n) is 3.64. The Hall–Kier alpha value is -0.810. The molecule has 0 spiro atoms. The molecule has 5 heteroatoms. The molecule has 1 aliphatic heterocycles. The summed E-state index contributed by atoms with van der Waals surface area (Å²) in [6.07, 6.45) is 3.65. The van der Waals surface area contributed by atoms with Crippen LogP contribution in [0.3, 0.4) is 0 Å². The number of piperidine rings is 1. The highest BCUT2D eigenvalue weighted by molar-refractivity contribution is 5.79. The molecule has 0 unspecified atom stereocenters. The molecule has 1 saturated heterocycles. The molecule has 0 amide bonds. The zero-order chi connectivity index (χ0) is 13.9. The Morgan fingerprint density at radius 3 is 2.63 bits per heavy atom. The molecular weight excluding hydrogens is 240 g/mol. The van der Waals surface area contributed by atoms with E-state index in [0.717, 1.165) is 44.5 Å². The van der Waals surface area contributed by atoms with Crippen molar-refractivity contribution in [2.45, 2.75) is 26.2 Å². The van der Waals surface area contributed by atoms with Crippen molar-refractivity contribution in [3.8, 4) is 0 Å². The van der Waals surface area contributed by atoms with Crippen LogP contribution >= 0.6 is 0 Å². The van der Waals surface area contributed by atoms with E-state index in [2.05, 4.69) is 27.4 Å². The first kappa shape index (κ1) is 16.2. The monoisotopic (exact) mass is 270 g/mol. The van der Waals surface area contributed by atoms with E-state index in [1.54, 1.807) is 7.11 Å². The van der Waals surface area contributed by atoms with Crippen LogP contribution in [-0.2, 0) is 4.74 Å². The highest BCUT2D eigenvalue weighted by Gasteiger charge is 2.18. The lowest BCUT2D eigenvalue weighted by Crippen LogP contribution is -2.43. The van der Waals surface area contributed by atoms with Crippen molar-refractivity contribution in [3.63, 3.8) is 0 Å². The number of methoxy groups -OCH3 is 1. The van der Waals surface area contributed by atoms with Gasteiger partial charge in [-0.2, -0.15) is 0 Å². The molecule has 1 rings (SSSR count). The van der Waals surface area contributed by atoms with Gasteiger partial charge in [0.15, 0.2) is 5.96 Å². The fraction of sp³-hybridized carbons (Fsp3) is 0.929. The van der Waals surface area contributed by atoms with Gasteiger partial charge in [0.05, 0.1) is 6.61 Å². The topological polar surface area (TPSA) is 48.9 Å². The van der Waals surface area contributed by atoms with Gasteiger partial charge < -0.3 is 20.3 Å². The van der Waals surface area contributed by atoms with Crippen molar-refractivity contribution in [3.05, 3.63) is 0 Å². The van der Waals surface area contributed by atoms with Crippen LogP contribution in [0.25, 0.3) is 0 Å². The minimum Gasteiger partial charge on any atom is -0.383 e. The maximum atomic E-state index is 5.12. The van der Waals surface area contributed by atoms with Gasteiger partial charge in [0, 0.05) is 33.8 Å². The summed E-state index contributed by atoms with van der Waals surface area (Å²) in [6.45, 7) is 8.47. The molecule has 5 nitrogen and oxygen atoms in total. The first-order valence-corrected chi connectivity index (χ1v) is 7.46. The fourth-order valence-electron chi connectivity index (χ4n) is 2.34. The van der Waals surface area contributed by atoms with Gasteiger partial charge in [0.25, 0.3) is 0 Å². The molecule has 0 atom stereocenters. The summed E-state index contributed by atoms with van der Waals surface area (Å²) in [7, 11) is 3.60. The third kappa shape index (κ3) is 6.78. The number of likely N-dealkylation sites (tertiary alicyclic amines) is 1. The first-order chi connectivity index (χ1) is 9.30. The molecule has 0 aromatic carbocycles. The van der Waals surface area contributed by atoms with E-state index in [1.165, 1.54) is 25.9 Å². The molecule has 0 bridgehead atoms. The van der Waals surface area contributed by atoms with Gasteiger partial charge in [-0.1, -0.05) is 6.92 Å². The lowest BCUT2D eigenvalue weighted by molar-refractivity contribution is 0.121. The molecule has 19 heavy (non-hydrogen) atoms. The Labute approximate surface area is 117 Å². The normalized spacial score (nSPS) is 18.6. The maximum Gasteiger partial charge on any atom is 0.190 e. The standard InChI is InChI=1S/C14H30N4O/c1-4-7-16-14(15-2)17-12-13-5-8-18(9-6-13)10-11-19-3/h13H,4-12H2,1-3H3,(H2,15,16,17). The number of ether oxygens (including phenoxy) is 1. The first-order valence-electron chi connectivity index (χ1n) is 7.46. The zero-order valence-corrected chi connectivity index (χ0v) is 12.7. The van der Waals surface area contributed by atoms with E-state index in [9.17, 15) is 0 Å². The van der Waals surface area contributed by atoms with Crippen LogP contribution in [0, 0.1) is 5.92 Å². The van der Waals surface area contributed by atoms with Gasteiger partial charge >= 0.3 is 0 Å². The molecule has 1 aliphatic rings. The summed E-state index contributed by atoms with van der Waals surface area (Å²) < 4.78 is 5.12. The summed E-state index contributed by atoms with van der Waals surface area (Å²) >= 11 is 0. The molecule has 0 aromatic heterocycles. The molecule has 0 saturated carbocycles. The highest BCUT2D eigenvalue weighted by Crippen LogP contribution is 2.15. The lowest BCUT2D eigenvalue weighted by atomic mass is 9.97. The molecular formula is C14H30N4O. The van der Waals surface area contributed by atoms with Crippen LogP contribution in [0.15, 0.2) is 4.99 Å². The SMILES string of the molecule is CCCNC(=NC)NCC1CCN(CCOC)CC1.